The number of nitrogens with one attached hydrogen (secondary N) is 2. The van der Waals surface area contributed by atoms with E-state index in [0.29, 0.717) is 0 Å². The highest BCUT2D eigenvalue weighted by atomic mass is 16.7. The summed E-state index contributed by atoms with van der Waals surface area (Å²) in [4.78, 5) is 12.4. The van der Waals surface area contributed by atoms with Gasteiger partial charge in [-0.25, -0.2) is 0 Å². The predicted molar refractivity (Wildman–Crippen MR) is 130 cm³/mol. The molecule has 0 aromatic carbocycles. The highest BCUT2D eigenvalue weighted by molar-refractivity contribution is 5.84. The third-order valence-electron chi connectivity index (χ3n) is 7.25. The fraction of sp³-hybridized carbons (Fsp3) is 0.909. The number of aliphatic hydroxyl groups is 7. The van der Waals surface area contributed by atoms with E-state index < -0.39 is 104 Å². The van der Waals surface area contributed by atoms with Crippen LogP contribution in [0.3, 0.4) is 0 Å². The topological polar surface area (TPSA) is 310 Å². The molecule has 15 atom stereocenters. The third-order valence-corrected chi connectivity index (χ3v) is 7.25. The molecule has 39 heavy (non-hydrogen) atoms. The Balaban J connectivity index is 1.85. The summed E-state index contributed by atoms with van der Waals surface area (Å²) in [6, 6.07) is -3.39. The summed E-state index contributed by atoms with van der Waals surface area (Å²) in [5.74, 6) is -0.817. The second-order valence-corrected chi connectivity index (χ2v) is 10.2. The highest BCUT2D eigenvalue weighted by Gasteiger charge is 2.53. The standard InChI is InChI=1S/C22H41N5O12/c1-6(24)17-15(33)16(34)22(37-17)39-19-12(30)8(27-20(35)9(29)2-3-23)4-7(25)18(19)38-21-11(26)14(32)13(31)10(5-28)36-21/h7-19,21-22,24,28-34H,2-5,23,25-26H2,1H3,(H,27,35). The van der Waals surface area contributed by atoms with Crippen LogP contribution in [0.2, 0.25) is 0 Å². The van der Waals surface area contributed by atoms with Gasteiger partial charge in [-0.2, -0.15) is 0 Å². The molecule has 1 aliphatic carbocycles. The number of carbonyl (C=O) groups excluding carboxylic acids is 1. The van der Waals surface area contributed by atoms with Crippen molar-refractivity contribution in [1.82, 2.24) is 5.32 Å². The molecule has 0 bridgehead atoms. The maximum atomic E-state index is 12.4. The first-order chi connectivity index (χ1) is 18.3. The molecule has 17 heteroatoms. The van der Waals surface area contributed by atoms with Crippen molar-refractivity contribution >= 4 is 11.6 Å². The molecule has 0 aromatic heterocycles. The number of carbonyl (C=O) groups is 1. The van der Waals surface area contributed by atoms with E-state index in [9.17, 15) is 40.5 Å². The average molecular weight is 568 g/mol. The van der Waals surface area contributed by atoms with Gasteiger partial charge in [0.1, 0.15) is 61.0 Å². The predicted octanol–water partition coefficient (Wildman–Crippen LogP) is -6.70. The van der Waals surface area contributed by atoms with Gasteiger partial charge in [0.05, 0.1) is 18.7 Å². The van der Waals surface area contributed by atoms with Crippen LogP contribution in [0.25, 0.3) is 0 Å². The van der Waals surface area contributed by atoms with Crippen LogP contribution in [0.4, 0.5) is 0 Å². The molecule has 226 valence electrons. The molecule has 15 unspecified atom stereocenters. The van der Waals surface area contributed by atoms with Crippen molar-refractivity contribution in [2.24, 2.45) is 17.2 Å². The lowest BCUT2D eigenvalue weighted by Gasteiger charge is -2.47. The lowest BCUT2D eigenvalue weighted by Crippen LogP contribution is -2.69. The Morgan fingerprint density at radius 2 is 1.64 bits per heavy atom. The SMILES string of the molecule is CC(=N)C1OC(OC2C(O)C(NC(=O)C(O)CCN)CC(N)C2OC2OC(CO)C(O)C(O)C2N)C(O)C1O. The van der Waals surface area contributed by atoms with Crippen LogP contribution < -0.4 is 22.5 Å². The van der Waals surface area contributed by atoms with E-state index in [1.165, 1.54) is 6.92 Å². The number of hydrogen-bond donors (Lipinski definition) is 12. The number of hydrogen-bond acceptors (Lipinski definition) is 16. The molecule has 0 radical (unpaired) electrons. The summed E-state index contributed by atoms with van der Waals surface area (Å²) in [6.07, 6.45) is -17.6. The summed E-state index contributed by atoms with van der Waals surface area (Å²) in [7, 11) is 0. The van der Waals surface area contributed by atoms with Crippen molar-refractivity contribution in [3.63, 3.8) is 0 Å². The number of amides is 1. The van der Waals surface area contributed by atoms with Gasteiger partial charge in [0, 0.05) is 11.8 Å². The Labute approximate surface area is 224 Å². The van der Waals surface area contributed by atoms with Gasteiger partial charge < -0.3 is 82.6 Å². The van der Waals surface area contributed by atoms with Crippen molar-refractivity contribution in [2.45, 2.75) is 112 Å². The largest absolute Gasteiger partial charge is 0.394 e. The molecule has 17 nitrogen and oxygen atoms in total. The Hall–Kier alpha value is -1.42. The molecule has 3 aliphatic rings. The first-order valence-corrected chi connectivity index (χ1v) is 12.7. The minimum Gasteiger partial charge on any atom is -0.394 e. The molecule has 1 amide bonds. The molecule has 3 rings (SSSR count). The number of rotatable bonds is 10. The second-order valence-electron chi connectivity index (χ2n) is 10.2. The molecule has 15 N–H and O–H groups in total. The van der Waals surface area contributed by atoms with E-state index in [0.717, 1.165) is 0 Å². The van der Waals surface area contributed by atoms with Crippen LogP contribution in [-0.2, 0) is 23.7 Å². The van der Waals surface area contributed by atoms with E-state index in [1.807, 2.05) is 0 Å². The van der Waals surface area contributed by atoms with Crippen molar-refractivity contribution in [2.75, 3.05) is 13.2 Å². The molecule has 3 fully saturated rings. The van der Waals surface area contributed by atoms with Gasteiger partial charge in [-0.15, -0.1) is 0 Å². The van der Waals surface area contributed by atoms with Crippen LogP contribution in [0.1, 0.15) is 19.8 Å². The minimum atomic E-state index is -1.63. The normalized spacial score (nSPS) is 45.6. The summed E-state index contributed by atoms with van der Waals surface area (Å²) in [5.41, 5.74) is 17.6. The van der Waals surface area contributed by atoms with Crippen LogP contribution in [-0.4, -0.2) is 152 Å². The van der Waals surface area contributed by atoms with Crippen molar-refractivity contribution in [3.8, 4) is 0 Å². The summed E-state index contributed by atoms with van der Waals surface area (Å²) < 4.78 is 22.7. The van der Waals surface area contributed by atoms with Gasteiger partial charge in [0.2, 0.25) is 5.91 Å². The quantitative estimate of drug-likeness (QED) is 0.109. The molecule has 2 aliphatic heterocycles. The summed E-state index contributed by atoms with van der Waals surface area (Å²) >= 11 is 0. The lowest BCUT2D eigenvalue weighted by molar-refractivity contribution is -0.310. The fourth-order valence-electron chi connectivity index (χ4n) is 4.93. The lowest BCUT2D eigenvalue weighted by atomic mass is 9.83. The van der Waals surface area contributed by atoms with Crippen molar-refractivity contribution in [3.05, 3.63) is 0 Å². The summed E-state index contributed by atoms with van der Waals surface area (Å²) in [6.45, 7) is 0.720. The second kappa shape index (κ2) is 13.5. The maximum Gasteiger partial charge on any atom is 0.249 e. The van der Waals surface area contributed by atoms with Crippen molar-refractivity contribution < 1.29 is 59.5 Å². The number of ether oxygens (including phenoxy) is 4. The molecular formula is C22H41N5O12. The zero-order valence-electron chi connectivity index (χ0n) is 21.4. The molecule has 2 saturated heterocycles. The first kappa shape index (κ1) is 32.1. The molecule has 0 aromatic rings. The monoisotopic (exact) mass is 567 g/mol. The van der Waals surface area contributed by atoms with E-state index >= 15 is 0 Å². The van der Waals surface area contributed by atoms with Crippen LogP contribution >= 0.6 is 0 Å². The van der Waals surface area contributed by atoms with Crippen LogP contribution in [0.15, 0.2) is 0 Å². The fourth-order valence-corrected chi connectivity index (χ4v) is 4.93. The molecule has 2 heterocycles. The Morgan fingerprint density at radius 3 is 2.21 bits per heavy atom. The molecule has 1 saturated carbocycles. The molecular weight excluding hydrogens is 526 g/mol. The Kier molecular flexibility index (Phi) is 11.1. The number of aliphatic hydroxyl groups excluding tert-OH is 7. The first-order valence-electron chi connectivity index (χ1n) is 12.7. The van der Waals surface area contributed by atoms with Crippen LogP contribution in [0.5, 0.6) is 0 Å². The zero-order valence-corrected chi connectivity index (χ0v) is 21.4. The van der Waals surface area contributed by atoms with Gasteiger partial charge in [-0.3, -0.25) is 4.79 Å². The minimum absolute atomic E-state index is 0.0339. The van der Waals surface area contributed by atoms with Gasteiger partial charge >= 0.3 is 0 Å². The van der Waals surface area contributed by atoms with E-state index in [1.54, 1.807) is 0 Å². The Bertz CT molecular complexity index is 841. The maximum absolute atomic E-state index is 12.4. The number of nitrogens with two attached hydrogens (primary N) is 3. The van der Waals surface area contributed by atoms with Gasteiger partial charge in [-0.1, -0.05) is 0 Å². The Morgan fingerprint density at radius 1 is 1.00 bits per heavy atom. The van der Waals surface area contributed by atoms with Crippen molar-refractivity contribution in [1.29, 1.82) is 5.41 Å². The van der Waals surface area contributed by atoms with E-state index in [-0.39, 0.29) is 25.1 Å². The van der Waals surface area contributed by atoms with Gasteiger partial charge in [-0.05, 0) is 26.3 Å². The summed E-state index contributed by atoms with van der Waals surface area (Å²) in [5, 5.41) is 82.1. The van der Waals surface area contributed by atoms with E-state index in [2.05, 4.69) is 5.32 Å². The highest BCUT2D eigenvalue weighted by Crippen LogP contribution is 2.33. The zero-order chi connectivity index (χ0) is 29.2. The third kappa shape index (κ3) is 6.91. The smallest absolute Gasteiger partial charge is 0.249 e. The molecule has 0 spiro atoms. The van der Waals surface area contributed by atoms with Crippen LogP contribution in [0, 0.1) is 5.41 Å². The van der Waals surface area contributed by atoms with Gasteiger partial charge in [0.15, 0.2) is 12.6 Å². The van der Waals surface area contributed by atoms with E-state index in [4.69, 9.17) is 41.6 Å². The van der Waals surface area contributed by atoms with Gasteiger partial charge in [0.25, 0.3) is 0 Å². The average Bonchev–Trinajstić information content (AvgIpc) is 3.17.